The molecule has 0 bridgehead atoms. The van der Waals surface area contributed by atoms with Crippen LogP contribution in [0.1, 0.15) is 24.8 Å². The van der Waals surface area contributed by atoms with E-state index in [1.54, 1.807) is 6.07 Å². The van der Waals surface area contributed by atoms with Gasteiger partial charge >= 0.3 is 0 Å². The Balaban J connectivity index is 2.01. The van der Waals surface area contributed by atoms with Gasteiger partial charge in [-0.15, -0.1) is 0 Å². The first kappa shape index (κ1) is 8.16. The smallest absolute Gasteiger partial charge is 0.116 e. The van der Waals surface area contributed by atoms with Crippen molar-refractivity contribution in [2.45, 2.75) is 31.7 Å². The van der Waals surface area contributed by atoms with Gasteiger partial charge in [0.2, 0.25) is 0 Å². The summed E-state index contributed by atoms with van der Waals surface area (Å²) in [7, 11) is 0. The minimum Gasteiger partial charge on any atom is -0.508 e. The Bertz CT molecular complexity index is 357. The summed E-state index contributed by atoms with van der Waals surface area (Å²) in [5, 5.41) is 9.41. The predicted molar refractivity (Wildman–Crippen MR) is 56.8 cm³/mol. The zero-order chi connectivity index (χ0) is 9.54. The molecule has 0 spiro atoms. The summed E-state index contributed by atoms with van der Waals surface area (Å²) >= 11 is 0. The van der Waals surface area contributed by atoms with Crippen molar-refractivity contribution in [2.24, 2.45) is 0 Å². The highest BCUT2D eigenvalue weighted by Crippen LogP contribution is 2.37. The third-order valence-corrected chi connectivity index (χ3v) is 3.21. The minimum absolute atomic E-state index is 0.404. The summed E-state index contributed by atoms with van der Waals surface area (Å²) in [5.74, 6) is 0.404. The number of anilines is 1. The van der Waals surface area contributed by atoms with Crippen molar-refractivity contribution in [1.82, 2.24) is 0 Å². The summed E-state index contributed by atoms with van der Waals surface area (Å²) in [6.07, 6.45) is 5.04. The second-order valence-corrected chi connectivity index (χ2v) is 4.34. The van der Waals surface area contributed by atoms with E-state index >= 15 is 0 Å². The van der Waals surface area contributed by atoms with E-state index < -0.39 is 0 Å². The maximum absolute atomic E-state index is 9.41. The molecule has 1 fully saturated rings. The van der Waals surface area contributed by atoms with Crippen LogP contribution in [0, 0.1) is 0 Å². The lowest BCUT2D eigenvalue weighted by molar-refractivity contribution is 0.474. The Hall–Kier alpha value is -1.18. The zero-order valence-corrected chi connectivity index (χ0v) is 8.24. The van der Waals surface area contributed by atoms with E-state index in [-0.39, 0.29) is 0 Å². The fourth-order valence-corrected chi connectivity index (χ4v) is 2.38. The molecule has 2 heteroatoms. The van der Waals surface area contributed by atoms with Crippen LogP contribution in [0.4, 0.5) is 5.69 Å². The molecule has 2 nitrogen and oxygen atoms in total. The third-order valence-electron chi connectivity index (χ3n) is 3.21. The lowest BCUT2D eigenvalue weighted by atomic mass is 10.0. The molecule has 1 heterocycles. The molecule has 0 amide bonds. The molecule has 0 unspecified atom stereocenters. The molecular weight excluding hydrogens is 174 g/mol. The molecule has 74 valence electrons. The quantitative estimate of drug-likeness (QED) is 0.732. The van der Waals surface area contributed by atoms with Crippen molar-refractivity contribution in [2.75, 3.05) is 11.4 Å². The SMILES string of the molecule is Oc1ccc2c(c1)CCCN2C1CC1. The molecule has 3 rings (SSSR count). The molecule has 2 aliphatic rings. The normalized spacial score (nSPS) is 20.7. The number of phenols is 1. The van der Waals surface area contributed by atoms with Gasteiger partial charge in [-0.1, -0.05) is 0 Å². The summed E-state index contributed by atoms with van der Waals surface area (Å²) in [4.78, 5) is 2.51. The third kappa shape index (κ3) is 1.26. The maximum Gasteiger partial charge on any atom is 0.116 e. The maximum atomic E-state index is 9.41. The summed E-state index contributed by atoms with van der Waals surface area (Å²) in [6, 6.07) is 6.59. The number of hydrogen-bond donors (Lipinski definition) is 1. The fourth-order valence-electron chi connectivity index (χ4n) is 2.38. The van der Waals surface area contributed by atoms with Gasteiger partial charge in [0, 0.05) is 18.3 Å². The molecule has 1 aromatic carbocycles. The topological polar surface area (TPSA) is 23.5 Å². The minimum atomic E-state index is 0.404. The van der Waals surface area contributed by atoms with Crippen molar-refractivity contribution in [3.63, 3.8) is 0 Å². The van der Waals surface area contributed by atoms with Crippen molar-refractivity contribution >= 4 is 5.69 Å². The van der Waals surface area contributed by atoms with Crippen LogP contribution in [0.2, 0.25) is 0 Å². The van der Waals surface area contributed by atoms with Gasteiger partial charge in [-0.2, -0.15) is 0 Å². The first-order chi connectivity index (χ1) is 6.84. The lowest BCUT2D eigenvalue weighted by Gasteiger charge is -2.31. The van der Waals surface area contributed by atoms with Crippen molar-refractivity contribution in [3.8, 4) is 5.75 Å². The predicted octanol–water partition coefficient (Wildman–Crippen LogP) is 2.31. The highest BCUT2D eigenvalue weighted by atomic mass is 16.3. The van der Waals surface area contributed by atoms with Crippen LogP contribution >= 0.6 is 0 Å². The molecule has 0 atom stereocenters. The monoisotopic (exact) mass is 189 g/mol. The Labute approximate surface area is 84.2 Å². The Kier molecular flexibility index (Phi) is 1.69. The van der Waals surface area contributed by atoms with Gasteiger partial charge in [0.05, 0.1) is 0 Å². The summed E-state index contributed by atoms with van der Waals surface area (Å²) in [5.41, 5.74) is 2.68. The summed E-state index contributed by atoms with van der Waals surface area (Å²) in [6.45, 7) is 1.20. The van der Waals surface area contributed by atoms with Crippen molar-refractivity contribution in [3.05, 3.63) is 23.8 Å². The van der Waals surface area contributed by atoms with Crippen LogP contribution in [-0.4, -0.2) is 17.7 Å². The van der Waals surface area contributed by atoms with E-state index in [4.69, 9.17) is 0 Å². The molecule has 0 saturated heterocycles. The molecule has 0 radical (unpaired) electrons. The molecular formula is C12H15NO. The van der Waals surface area contributed by atoms with Gasteiger partial charge < -0.3 is 10.0 Å². The highest BCUT2D eigenvalue weighted by molar-refractivity contribution is 5.59. The molecule has 1 aliphatic heterocycles. The average Bonchev–Trinajstić information content (AvgIpc) is 2.99. The molecule has 1 N–H and O–H groups in total. The molecule has 14 heavy (non-hydrogen) atoms. The van der Waals surface area contributed by atoms with E-state index in [1.165, 1.54) is 37.1 Å². The van der Waals surface area contributed by atoms with Gasteiger partial charge in [-0.05, 0) is 49.4 Å². The molecule has 1 saturated carbocycles. The Morgan fingerprint density at radius 3 is 2.93 bits per heavy atom. The number of nitrogens with zero attached hydrogens (tertiary/aromatic N) is 1. The standard InChI is InChI=1S/C12H15NO/c14-11-5-6-12-9(8-11)2-1-7-13(12)10-3-4-10/h5-6,8,10,14H,1-4,7H2. The first-order valence-electron chi connectivity index (χ1n) is 5.43. The lowest BCUT2D eigenvalue weighted by Crippen LogP contribution is -2.31. The second kappa shape index (κ2) is 2.91. The van der Waals surface area contributed by atoms with E-state index in [0.29, 0.717) is 5.75 Å². The zero-order valence-electron chi connectivity index (χ0n) is 8.24. The van der Waals surface area contributed by atoms with E-state index in [1.807, 2.05) is 6.07 Å². The largest absolute Gasteiger partial charge is 0.508 e. The van der Waals surface area contributed by atoms with Crippen LogP contribution in [-0.2, 0) is 6.42 Å². The number of phenolic OH excluding ortho intramolecular Hbond substituents is 1. The first-order valence-corrected chi connectivity index (χ1v) is 5.43. The van der Waals surface area contributed by atoms with Crippen LogP contribution < -0.4 is 4.90 Å². The van der Waals surface area contributed by atoms with Crippen LogP contribution in [0.3, 0.4) is 0 Å². The number of benzene rings is 1. The Morgan fingerprint density at radius 1 is 1.29 bits per heavy atom. The number of aryl methyl sites for hydroxylation is 1. The van der Waals surface area contributed by atoms with Gasteiger partial charge in [0.15, 0.2) is 0 Å². The Morgan fingerprint density at radius 2 is 2.14 bits per heavy atom. The van der Waals surface area contributed by atoms with Gasteiger partial charge in [-0.3, -0.25) is 0 Å². The fraction of sp³-hybridized carbons (Fsp3) is 0.500. The van der Waals surface area contributed by atoms with Crippen LogP contribution in [0.5, 0.6) is 5.75 Å². The van der Waals surface area contributed by atoms with Crippen LogP contribution in [0.15, 0.2) is 18.2 Å². The van der Waals surface area contributed by atoms with Gasteiger partial charge in [0.1, 0.15) is 5.75 Å². The van der Waals surface area contributed by atoms with E-state index in [2.05, 4.69) is 11.0 Å². The van der Waals surface area contributed by atoms with E-state index in [9.17, 15) is 5.11 Å². The molecule has 1 aromatic rings. The second-order valence-electron chi connectivity index (χ2n) is 4.34. The van der Waals surface area contributed by atoms with Crippen molar-refractivity contribution < 1.29 is 5.11 Å². The van der Waals surface area contributed by atoms with Crippen LogP contribution in [0.25, 0.3) is 0 Å². The summed E-state index contributed by atoms with van der Waals surface area (Å²) < 4.78 is 0. The highest BCUT2D eigenvalue weighted by Gasteiger charge is 2.31. The van der Waals surface area contributed by atoms with Crippen molar-refractivity contribution in [1.29, 1.82) is 0 Å². The number of aromatic hydroxyl groups is 1. The number of hydrogen-bond acceptors (Lipinski definition) is 2. The molecule has 1 aliphatic carbocycles. The molecule has 0 aromatic heterocycles. The number of rotatable bonds is 1. The average molecular weight is 189 g/mol. The van der Waals surface area contributed by atoms with Gasteiger partial charge in [-0.25, -0.2) is 0 Å². The van der Waals surface area contributed by atoms with E-state index in [0.717, 1.165) is 12.5 Å². The number of fused-ring (bicyclic) bond motifs is 1. The van der Waals surface area contributed by atoms with Gasteiger partial charge in [0.25, 0.3) is 0 Å².